The molecule has 42 heavy (non-hydrogen) atoms. The molecule has 0 fully saturated rings. The summed E-state index contributed by atoms with van der Waals surface area (Å²) in [5.41, 5.74) is 2.50. The summed E-state index contributed by atoms with van der Waals surface area (Å²) in [7, 11) is -2.80. The lowest BCUT2D eigenvalue weighted by Crippen LogP contribution is -2.51. The van der Waals surface area contributed by atoms with Crippen LogP contribution in [0.1, 0.15) is 37.5 Å². The van der Waals surface area contributed by atoms with E-state index in [1.165, 1.54) is 24.1 Å². The van der Waals surface area contributed by atoms with Gasteiger partial charge < -0.3 is 15.0 Å². The molecule has 0 aliphatic carbocycles. The Morgan fingerprint density at radius 1 is 0.905 bits per heavy atom. The van der Waals surface area contributed by atoms with Crippen LogP contribution in [0, 0.1) is 19.8 Å². The van der Waals surface area contributed by atoms with Crippen molar-refractivity contribution in [2.45, 2.75) is 52.1 Å². The van der Waals surface area contributed by atoms with Gasteiger partial charge in [0.2, 0.25) is 11.8 Å². The second-order valence-corrected chi connectivity index (χ2v) is 13.3. The summed E-state index contributed by atoms with van der Waals surface area (Å²) < 4.78 is 34.7. The summed E-state index contributed by atoms with van der Waals surface area (Å²) in [6, 6.07) is 15.5. The maximum Gasteiger partial charge on any atom is 0.264 e. The highest BCUT2D eigenvalue weighted by Gasteiger charge is 2.34. The predicted molar refractivity (Wildman–Crippen MR) is 168 cm³/mol. The molecule has 2 amide bonds. The number of ether oxygens (including phenoxy) is 1. The van der Waals surface area contributed by atoms with Gasteiger partial charge >= 0.3 is 0 Å². The fourth-order valence-corrected chi connectivity index (χ4v) is 5.95. The van der Waals surface area contributed by atoms with Crippen molar-refractivity contribution in [2.24, 2.45) is 5.92 Å². The highest BCUT2D eigenvalue weighted by atomic mass is 35.5. The van der Waals surface area contributed by atoms with Crippen molar-refractivity contribution in [3.8, 4) is 5.75 Å². The van der Waals surface area contributed by atoms with Gasteiger partial charge in [-0.1, -0.05) is 66.9 Å². The number of benzene rings is 3. The van der Waals surface area contributed by atoms with E-state index in [0.717, 1.165) is 15.4 Å². The number of sulfonamides is 1. The van der Waals surface area contributed by atoms with Crippen LogP contribution in [0.2, 0.25) is 10.0 Å². The molecule has 1 atom stereocenters. The minimum Gasteiger partial charge on any atom is -0.495 e. The van der Waals surface area contributed by atoms with Crippen LogP contribution in [-0.2, 0) is 26.2 Å². The molecule has 0 aliphatic heterocycles. The first-order chi connectivity index (χ1) is 19.7. The summed E-state index contributed by atoms with van der Waals surface area (Å²) in [6.45, 7) is 9.05. The monoisotopic (exact) mass is 633 g/mol. The van der Waals surface area contributed by atoms with Gasteiger partial charge in [0.1, 0.15) is 18.3 Å². The third-order valence-electron chi connectivity index (χ3n) is 6.68. The van der Waals surface area contributed by atoms with Gasteiger partial charge in [0.15, 0.2) is 0 Å². The third-order valence-corrected chi connectivity index (χ3v) is 9.19. The standard InChI is InChI=1S/C31H37Cl2N3O5S/c1-20(2)17-34-31(38)23(5)35(18-24-10-13-26(32)27(33)16-24)30(37)19-36(28-15-22(4)9-14-29(28)41-6)42(39,40)25-11-7-21(3)8-12-25/h7-16,20,23H,17-19H2,1-6H3,(H,34,38)/t23-/m0/s1. The lowest BCUT2D eigenvalue weighted by atomic mass is 10.1. The van der Waals surface area contributed by atoms with E-state index in [0.29, 0.717) is 22.2 Å². The van der Waals surface area contributed by atoms with Gasteiger partial charge in [-0.05, 0) is 74.2 Å². The second-order valence-electron chi connectivity index (χ2n) is 10.6. The highest BCUT2D eigenvalue weighted by Crippen LogP contribution is 2.34. The van der Waals surface area contributed by atoms with Crippen molar-refractivity contribution in [1.82, 2.24) is 10.2 Å². The number of hydrogen-bond acceptors (Lipinski definition) is 5. The van der Waals surface area contributed by atoms with Gasteiger partial charge in [-0.2, -0.15) is 0 Å². The molecule has 226 valence electrons. The van der Waals surface area contributed by atoms with E-state index >= 15 is 0 Å². The third kappa shape index (κ3) is 8.18. The van der Waals surface area contributed by atoms with Gasteiger partial charge in [0, 0.05) is 13.1 Å². The van der Waals surface area contributed by atoms with Gasteiger partial charge in [-0.15, -0.1) is 0 Å². The number of anilines is 1. The molecule has 3 rings (SSSR count). The van der Waals surface area contributed by atoms with Crippen molar-refractivity contribution in [1.29, 1.82) is 0 Å². The molecule has 0 unspecified atom stereocenters. The van der Waals surface area contributed by atoms with E-state index < -0.39 is 28.5 Å². The minimum absolute atomic E-state index is 0.00460. The second kappa shape index (κ2) is 14.3. The molecule has 11 heteroatoms. The first kappa shape index (κ1) is 33.2. The number of aryl methyl sites for hydroxylation is 2. The Bertz CT molecular complexity index is 1530. The number of rotatable bonds is 12. The molecule has 0 saturated carbocycles. The smallest absolute Gasteiger partial charge is 0.264 e. The van der Waals surface area contributed by atoms with E-state index in [9.17, 15) is 18.0 Å². The number of carbonyl (C=O) groups is 2. The lowest BCUT2D eigenvalue weighted by Gasteiger charge is -2.32. The zero-order valence-electron chi connectivity index (χ0n) is 24.6. The van der Waals surface area contributed by atoms with E-state index in [1.54, 1.807) is 55.5 Å². The molecular weight excluding hydrogens is 597 g/mol. The number of nitrogens with zero attached hydrogens (tertiary/aromatic N) is 2. The largest absolute Gasteiger partial charge is 0.495 e. The van der Waals surface area contributed by atoms with Crippen LogP contribution in [-0.4, -0.2) is 51.4 Å². The molecule has 3 aromatic rings. The first-order valence-corrected chi connectivity index (χ1v) is 15.7. The van der Waals surface area contributed by atoms with Crippen LogP contribution in [0.25, 0.3) is 0 Å². The van der Waals surface area contributed by atoms with E-state index in [2.05, 4.69) is 5.32 Å². The Hall–Kier alpha value is -3.27. The Morgan fingerprint density at radius 3 is 2.14 bits per heavy atom. The van der Waals surface area contributed by atoms with Gasteiger partial charge in [0.05, 0.1) is 27.7 Å². The van der Waals surface area contributed by atoms with Crippen LogP contribution < -0.4 is 14.4 Å². The van der Waals surface area contributed by atoms with Crippen LogP contribution in [0.15, 0.2) is 65.6 Å². The van der Waals surface area contributed by atoms with E-state index in [4.69, 9.17) is 27.9 Å². The van der Waals surface area contributed by atoms with Crippen LogP contribution >= 0.6 is 23.2 Å². The Balaban J connectivity index is 2.10. The maximum absolute atomic E-state index is 14.1. The lowest BCUT2D eigenvalue weighted by molar-refractivity contribution is -0.139. The fraction of sp³-hybridized carbons (Fsp3) is 0.355. The normalized spacial score (nSPS) is 12.1. The Morgan fingerprint density at radius 2 is 1.55 bits per heavy atom. The SMILES string of the molecule is COc1ccc(C)cc1N(CC(=O)N(Cc1ccc(Cl)c(Cl)c1)[C@@H](C)C(=O)NCC(C)C)S(=O)(=O)c1ccc(C)cc1. The minimum atomic E-state index is -4.23. The molecule has 0 saturated heterocycles. The van der Waals surface area contributed by atoms with Crippen molar-refractivity contribution in [2.75, 3.05) is 24.5 Å². The number of carbonyl (C=O) groups excluding carboxylic acids is 2. The van der Waals surface area contributed by atoms with Crippen molar-refractivity contribution in [3.05, 3.63) is 87.4 Å². The molecule has 0 radical (unpaired) electrons. The van der Waals surface area contributed by atoms with E-state index in [-0.39, 0.29) is 34.7 Å². The molecule has 1 N–H and O–H groups in total. The topological polar surface area (TPSA) is 96.0 Å². The summed E-state index contributed by atoms with van der Waals surface area (Å²) in [4.78, 5) is 28.6. The van der Waals surface area contributed by atoms with Crippen LogP contribution in [0.5, 0.6) is 5.75 Å². The summed E-state index contributed by atoms with van der Waals surface area (Å²) in [5.74, 6) is -0.474. The predicted octanol–water partition coefficient (Wildman–Crippen LogP) is 6.00. The molecule has 0 aromatic heterocycles. The van der Waals surface area contributed by atoms with Crippen molar-refractivity contribution >= 4 is 50.7 Å². The number of methoxy groups -OCH3 is 1. The van der Waals surface area contributed by atoms with Crippen LogP contribution in [0.3, 0.4) is 0 Å². The zero-order chi connectivity index (χ0) is 31.2. The summed E-state index contributed by atoms with van der Waals surface area (Å²) >= 11 is 12.3. The van der Waals surface area contributed by atoms with Crippen molar-refractivity contribution < 1.29 is 22.7 Å². The average molecular weight is 635 g/mol. The van der Waals surface area contributed by atoms with Gasteiger partial charge in [-0.25, -0.2) is 8.42 Å². The number of hydrogen-bond donors (Lipinski definition) is 1. The van der Waals surface area contributed by atoms with Crippen LogP contribution in [0.4, 0.5) is 5.69 Å². The molecule has 0 spiro atoms. The molecular formula is C31H37Cl2N3O5S. The van der Waals surface area contributed by atoms with Gasteiger partial charge in [-0.3, -0.25) is 13.9 Å². The van der Waals surface area contributed by atoms with Gasteiger partial charge in [0.25, 0.3) is 10.0 Å². The Labute approximate surface area is 258 Å². The fourth-order valence-electron chi connectivity index (χ4n) is 4.22. The summed E-state index contributed by atoms with van der Waals surface area (Å²) in [6.07, 6.45) is 0. The average Bonchev–Trinajstić information content (AvgIpc) is 2.94. The van der Waals surface area contributed by atoms with E-state index in [1.807, 2.05) is 27.7 Å². The number of amides is 2. The number of halogens is 2. The Kier molecular flexibility index (Phi) is 11.3. The highest BCUT2D eigenvalue weighted by molar-refractivity contribution is 7.92. The maximum atomic E-state index is 14.1. The quantitative estimate of drug-likeness (QED) is 0.264. The molecule has 0 aliphatic rings. The number of nitrogens with one attached hydrogen (secondary N) is 1. The van der Waals surface area contributed by atoms with Crippen molar-refractivity contribution in [3.63, 3.8) is 0 Å². The first-order valence-electron chi connectivity index (χ1n) is 13.5. The molecule has 8 nitrogen and oxygen atoms in total. The summed E-state index contributed by atoms with van der Waals surface area (Å²) in [5, 5.41) is 3.51. The molecule has 3 aromatic carbocycles. The molecule has 0 bridgehead atoms. The zero-order valence-corrected chi connectivity index (χ0v) is 27.0. The molecule has 0 heterocycles.